The Hall–Kier alpha value is -5.82. The van der Waals surface area contributed by atoms with E-state index < -0.39 is 0 Å². The fourth-order valence-corrected chi connectivity index (χ4v) is 13.1. The van der Waals surface area contributed by atoms with Crippen molar-refractivity contribution in [1.29, 1.82) is 0 Å². The highest BCUT2D eigenvalue weighted by Crippen LogP contribution is 2.59. The van der Waals surface area contributed by atoms with Gasteiger partial charge in [-0.15, -0.1) is 0 Å². The molecule has 0 bridgehead atoms. The molecule has 6 aromatic carbocycles. The third-order valence-electron chi connectivity index (χ3n) is 15.2. The van der Waals surface area contributed by atoms with Crippen LogP contribution in [-0.2, 0) is 23.9 Å². The summed E-state index contributed by atoms with van der Waals surface area (Å²) in [6.45, 7) is 11.6. The lowest BCUT2D eigenvalue weighted by molar-refractivity contribution is 0.276. The lowest BCUT2D eigenvalue weighted by Crippen LogP contribution is -2.39. The predicted molar refractivity (Wildman–Crippen MR) is 251 cm³/mol. The largest absolute Gasteiger partial charge is 0.376 e. The Labute approximate surface area is 357 Å². The number of rotatable bonds is 0. The number of nitrogens with zero attached hydrogens (tertiary/aromatic N) is 2. The van der Waals surface area contributed by atoms with Crippen LogP contribution in [0.25, 0.3) is 65.4 Å². The topological polar surface area (TPSA) is 65.5 Å². The van der Waals surface area contributed by atoms with Gasteiger partial charge in [-0.3, -0.25) is 0 Å². The Balaban J connectivity index is 0.000000123. The van der Waals surface area contributed by atoms with E-state index >= 15 is 0 Å². The molecule has 8 heterocycles. The molecule has 6 nitrogen and oxygen atoms in total. The van der Waals surface area contributed by atoms with Gasteiger partial charge in [0.15, 0.2) is 0 Å². The minimum Gasteiger partial charge on any atom is -0.376 e. The van der Waals surface area contributed by atoms with Crippen LogP contribution in [0.5, 0.6) is 0 Å². The summed E-state index contributed by atoms with van der Waals surface area (Å²) in [6.07, 6.45) is 0. The first-order valence-corrected chi connectivity index (χ1v) is 22.0. The van der Waals surface area contributed by atoms with E-state index in [0.717, 1.165) is 33.9 Å². The lowest BCUT2D eigenvalue weighted by atomic mass is 9.66. The van der Waals surface area contributed by atoms with E-state index in [1.807, 2.05) is 0 Å². The molecule has 0 radical (unpaired) electrons. The Kier molecular flexibility index (Phi) is 6.95. The van der Waals surface area contributed by atoms with Gasteiger partial charge in [0.05, 0.1) is 33.5 Å². The summed E-state index contributed by atoms with van der Waals surface area (Å²) >= 11 is 13.9. The fourth-order valence-electron chi connectivity index (χ4n) is 12.3. The standard InChI is InChI=1S/2C26H22ClN3/c2*1-26(2)16-13-30-20-10-6-4-8-15(20)23(27)25(30)24(16)29-19-12-11-18-21(22(19)26)14-7-3-5-9-17(14)28-18/h2*3-12,16,24,28-29H,13H2,1-2H3/t2*16-,24-/m10/s1. The number of hydrogen-bond acceptors (Lipinski definition) is 2. The van der Waals surface area contributed by atoms with Gasteiger partial charge in [-0.25, -0.2) is 0 Å². The van der Waals surface area contributed by atoms with Crippen molar-refractivity contribution in [3.63, 3.8) is 0 Å². The first-order valence-electron chi connectivity index (χ1n) is 21.3. The van der Waals surface area contributed by atoms with Gasteiger partial charge in [0, 0.05) is 102 Å². The second-order valence-corrected chi connectivity index (χ2v) is 19.5. The van der Waals surface area contributed by atoms with Gasteiger partial charge < -0.3 is 29.7 Å². The number of hydrogen-bond donors (Lipinski definition) is 4. The number of aromatic amines is 2. The Morgan fingerprint density at radius 2 is 0.850 bits per heavy atom. The molecule has 296 valence electrons. The first-order chi connectivity index (χ1) is 29.1. The molecule has 4 N–H and O–H groups in total. The SMILES string of the molecule is CC1(C)c2c(ccc3[nH]c4ccccc4c23)N[C@@H]2c3c(Cl)c4ccccc4n3C[C@@H]21.CC1(C)c2c(ccc3[nH]c4ccccc4c23)N[C@H]2c3c(Cl)c4ccccc4n3C[C@H]21. The average molecular weight is 824 g/mol. The third-order valence-corrected chi connectivity index (χ3v) is 15.9. The average Bonchev–Trinajstić information content (AvgIpc) is 4.10. The number of nitrogens with one attached hydrogen (secondary N) is 4. The Bertz CT molecular complexity index is 3240. The van der Waals surface area contributed by atoms with Crippen molar-refractivity contribution in [2.75, 3.05) is 10.6 Å². The van der Waals surface area contributed by atoms with Crippen LogP contribution in [0, 0.1) is 11.8 Å². The zero-order valence-corrected chi connectivity index (χ0v) is 35.4. The van der Waals surface area contributed by atoms with Crippen LogP contribution < -0.4 is 10.6 Å². The van der Waals surface area contributed by atoms with Crippen molar-refractivity contribution >= 4 is 100.0 Å². The Morgan fingerprint density at radius 3 is 1.28 bits per heavy atom. The molecule has 0 unspecified atom stereocenters. The quantitative estimate of drug-likeness (QED) is 0.123. The van der Waals surface area contributed by atoms with Crippen molar-refractivity contribution in [1.82, 2.24) is 19.1 Å². The smallest absolute Gasteiger partial charge is 0.0734 e. The van der Waals surface area contributed by atoms with E-state index in [4.69, 9.17) is 23.2 Å². The van der Waals surface area contributed by atoms with E-state index in [2.05, 4.69) is 179 Å². The minimum absolute atomic E-state index is 0.000816. The van der Waals surface area contributed by atoms with E-state index in [1.54, 1.807) is 0 Å². The Morgan fingerprint density at radius 1 is 0.467 bits per heavy atom. The lowest BCUT2D eigenvalue weighted by Gasteiger charge is -2.43. The highest BCUT2D eigenvalue weighted by Gasteiger charge is 2.51. The maximum Gasteiger partial charge on any atom is 0.0734 e. The maximum absolute atomic E-state index is 6.93. The summed E-state index contributed by atoms with van der Waals surface area (Å²) in [6, 6.07) is 43.6. The highest BCUT2D eigenvalue weighted by molar-refractivity contribution is 6.37. The zero-order chi connectivity index (χ0) is 40.4. The van der Waals surface area contributed by atoms with Gasteiger partial charge in [0.2, 0.25) is 0 Å². The molecule has 14 rings (SSSR count). The van der Waals surface area contributed by atoms with Crippen LogP contribution in [0.1, 0.15) is 62.3 Å². The molecule has 10 aromatic rings. The van der Waals surface area contributed by atoms with E-state index in [0.29, 0.717) is 11.8 Å². The molecule has 4 aliphatic rings. The van der Waals surface area contributed by atoms with Gasteiger partial charge in [0.1, 0.15) is 0 Å². The van der Waals surface area contributed by atoms with Gasteiger partial charge in [-0.05, 0) is 70.5 Å². The molecule has 0 fully saturated rings. The van der Waals surface area contributed by atoms with E-state index in [1.165, 1.54) is 88.5 Å². The molecule has 8 heteroatoms. The number of H-pyrrole nitrogens is 2. The van der Waals surface area contributed by atoms with Gasteiger partial charge in [-0.1, -0.05) is 124 Å². The normalized spacial score (nSPS) is 21.6. The summed E-state index contributed by atoms with van der Waals surface area (Å²) < 4.78 is 4.89. The first kappa shape index (κ1) is 35.0. The van der Waals surface area contributed by atoms with Gasteiger partial charge >= 0.3 is 0 Å². The van der Waals surface area contributed by atoms with Crippen molar-refractivity contribution < 1.29 is 0 Å². The number of benzene rings is 6. The summed E-state index contributed by atoms with van der Waals surface area (Å²) in [5, 5.41) is 17.2. The monoisotopic (exact) mass is 822 g/mol. The molecule has 0 saturated heterocycles. The van der Waals surface area contributed by atoms with Crippen LogP contribution in [0.2, 0.25) is 10.0 Å². The van der Waals surface area contributed by atoms with Crippen molar-refractivity contribution in [2.24, 2.45) is 11.8 Å². The molecular formula is C52H44Cl2N6. The number of aromatic nitrogens is 4. The van der Waals surface area contributed by atoms with Gasteiger partial charge in [0.25, 0.3) is 0 Å². The number of anilines is 2. The molecule has 0 saturated carbocycles. The highest BCUT2D eigenvalue weighted by atomic mass is 35.5. The summed E-state index contributed by atoms with van der Waals surface area (Å²) in [5.41, 5.74) is 15.1. The van der Waals surface area contributed by atoms with E-state index in [9.17, 15) is 0 Å². The number of halogens is 2. The maximum atomic E-state index is 6.93. The minimum atomic E-state index is -0.000816. The summed E-state index contributed by atoms with van der Waals surface area (Å²) in [5.74, 6) is 0.864. The number of fused-ring (bicyclic) bond motifs is 20. The van der Waals surface area contributed by atoms with E-state index in [-0.39, 0.29) is 22.9 Å². The van der Waals surface area contributed by atoms with Crippen molar-refractivity contribution in [3.8, 4) is 0 Å². The third kappa shape index (κ3) is 4.40. The second-order valence-electron chi connectivity index (χ2n) is 18.7. The molecule has 60 heavy (non-hydrogen) atoms. The molecule has 4 aliphatic heterocycles. The molecule has 4 aromatic heterocycles. The second kappa shape index (κ2) is 11.9. The summed E-state index contributed by atoms with van der Waals surface area (Å²) in [4.78, 5) is 7.23. The zero-order valence-electron chi connectivity index (χ0n) is 33.9. The molecule has 0 spiro atoms. The summed E-state index contributed by atoms with van der Waals surface area (Å²) in [7, 11) is 0. The van der Waals surface area contributed by atoms with Gasteiger partial charge in [-0.2, -0.15) is 0 Å². The fraction of sp³-hybridized carbons (Fsp3) is 0.231. The van der Waals surface area contributed by atoms with Crippen LogP contribution in [0.15, 0.2) is 121 Å². The predicted octanol–water partition coefficient (Wildman–Crippen LogP) is 14.0. The number of para-hydroxylation sites is 4. The van der Waals surface area contributed by atoms with Crippen molar-refractivity contribution in [2.45, 2.75) is 63.7 Å². The molecule has 0 aliphatic carbocycles. The molecule has 4 atom stereocenters. The van der Waals surface area contributed by atoms with Crippen LogP contribution in [0.4, 0.5) is 11.4 Å². The van der Waals surface area contributed by atoms with Crippen LogP contribution >= 0.6 is 23.2 Å². The molecule has 0 amide bonds. The molecular weight excluding hydrogens is 780 g/mol. The van der Waals surface area contributed by atoms with Crippen LogP contribution in [0.3, 0.4) is 0 Å². The van der Waals surface area contributed by atoms with Crippen molar-refractivity contribution in [3.05, 3.63) is 154 Å². The van der Waals surface area contributed by atoms with Crippen LogP contribution in [-0.4, -0.2) is 19.1 Å².